The summed E-state index contributed by atoms with van der Waals surface area (Å²) >= 11 is 1.66. The molecule has 1 aromatic heterocycles. The van der Waals surface area contributed by atoms with Crippen molar-refractivity contribution in [3.05, 3.63) is 51.5 Å². The summed E-state index contributed by atoms with van der Waals surface area (Å²) in [6, 6.07) is 3.39. The van der Waals surface area contributed by atoms with Crippen molar-refractivity contribution < 1.29 is 8.78 Å². The highest BCUT2D eigenvalue weighted by atomic mass is 127. The molecule has 0 fully saturated rings. The molecule has 0 saturated carbocycles. The maximum Gasteiger partial charge on any atom is 0.191 e. The largest absolute Gasteiger partial charge is 0.356 e. The fourth-order valence-corrected chi connectivity index (χ4v) is 2.67. The standard InChI is InChI=1S/C15H18F2N4S.HI/c1-10-8-20-14(22-10)5-6-19-15(18-2)21-9-11-7-12(16)3-4-13(11)17;/h3-4,7-8H,5-6,9H2,1-2H3,(H2,18,19,21);1H. The van der Waals surface area contributed by atoms with Gasteiger partial charge in [-0.25, -0.2) is 13.8 Å². The second-order valence-electron chi connectivity index (χ2n) is 4.70. The lowest BCUT2D eigenvalue weighted by Gasteiger charge is -2.12. The van der Waals surface area contributed by atoms with Crippen LogP contribution in [0.1, 0.15) is 15.4 Å². The number of halogens is 3. The Morgan fingerprint density at radius 1 is 1.30 bits per heavy atom. The Morgan fingerprint density at radius 2 is 2.09 bits per heavy atom. The van der Waals surface area contributed by atoms with Crippen LogP contribution in [0.4, 0.5) is 8.78 Å². The number of aliphatic imine (C=N–C) groups is 1. The van der Waals surface area contributed by atoms with Gasteiger partial charge in [-0.3, -0.25) is 4.99 Å². The molecule has 0 bridgehead atoms. The van der Waals surface area contributed by atoms with Crippen LogP contribution in [-0.4, -0.2) is 24.5 Å². The number of rotatable bonds is 5. The van der Waals surface area contributed by atoms with Crippen molar-refractivity contribution in [3.8, 4) is 0 Å². The van der Waals surface area contributed by atoms with E-state index in [9.17, 15) is 8.78 Å². The van der Waals surface area contributed by atoms with Gasteiger partial charge in [0.2, 0.25) is 0 Å². The minimum Gasteiger partial charge on any atom is -0.356 e. The third kappa shape index (κ3) is 6.38. The van der Waals surface area contributed by atoms with Crippen LogP contribution < -0.4 is 10.6 Å². The lowest BCUT2D eigenvalue weighted by atomic mass is 10.2. The van der Waals surface area contributed by atoms with Gasteiger partial charge in [0.25, 0.3) is 0 Å². The van der Waals surface area contributed by atoms with E-state index in [0.717, 1.165) is 23.6 Å². The second kappa shape index (κ2) is 9.76. The molecular formula is C15H19F2IN4S. The Balaban J connectivity index is 0.00000264. The quantitative estimate of drug-likeness (QED) is 0.416. The summed E-state index contributed by atoms with van der Waals surface area (Å²) in [5.74, 6) is -0.361. The Labute approximate surface area is 155 Å². The zero-order chi connectivity index (χ0) is 15.9. The minimum atomic E-state index is -0.458. The molecule has 0 aliphatic heterocycles. The van der Waals surface area contributed by atoms with E-state index in [0.29, 0.717) is 12.5 Å². The van der Waals surface area contributed by atoms with Crippen molar-refractivity contribution in [2.24, 2.45) is 4.99 Å². The summed E-state index contributed by atoms with van der Waals surface area (Å²) in [6.45, 7) is 2.85. The summed E-state index contributed by atoms with van der Waals surface area (Å²) in [5, 5.41) is 7.13. The highest BCUT2D eigenvalue weighted by molar-refractivity contribution is 14.0. The molecule has 0 aliphatic rings. The van der Waals surface area contributed by atoms with Crippen molar-refractivity contribution in [2.45, 2.75) is 19.9 Å². The Kier molecular flexibility index (Phi) is 8.38. The summed E-state index contributed by atoms with van der Waals surface area (Å²) < 4.78 is 26.6. The molecule has 0 atom stereocenters. The van der Waals surface area contributed by atoms with E-state index in [1.54, 1.807) is 18.4 Å². The van der Waals surface area contributed by atoms with Gasteiger partial charge in [0, 0.05) is 43.2 Å². The summed E-state index contributed by atoms with van der Waals surface area (Å²) in [6.07, 6.45) is 2.63. The molecule has 126 valence electrons. The summed E-state index contributed by atoms with van der Waals surface area (Å²) in [5.41, 5.74) is 0.262. The molecule has 0 radical (unpaired) electrons. The van der Waals surface area contributed by atoms with Crippen LogP contribution >= 0.6 is 35.3 Å². The second-order valence-corrected chi connectivity index (χ2v) is 6.02. The zero-order valence-corrected chi connectivity index (χ0v) is 16.0. The van der Waals surface area contributed by atoms with Crippen LogP contribution in [0.25, 0.3) is 0 Å². The third-order valence-electron chi connectivity index (χ3n) is 2.98. The normalized spacial score (nSPS) is 11.0. The van der Waals surface area contributed by atoms with Crippen LogP contribution in [0.3, 0.4) is 0 Å². The molecule has 0 amide bonds. The average Bonchev–Trinajstić information content (AvgIpc) is 2.91. The maximum absolute atomic E-state index is 13.5. The first-order valence-corrected chi connectivity index (χ1v) is 7.70. The number of hydrogen-bond acceptors (Lipinski definition) is 3. The third-order valence-corrected chi connectivity index (χ3v) is 3.95. The van der Waals surface area contributed by atoms with Gasteiger partial charge in [-0.2, -0.15) is 0 Å². The maximum atomic E-state index is 13.5. The molecule has 0 saturated heterocycles. The van der Waals surface area contributed by atoms with Gasteiger partial charge < -0.3 is 10.6 Å². The molecule has 0 spiro atoms. The van der Waals surface area contributed by atoms with E-state index in [1.807, 2.05) is 13.1 Å². The van der Waals surface area contributed by atoms with Gasteiger partial charge in [-0.1, -0.05) is 0 Å². The lowest BCUT2D eigenvalue weighted by molar-refractivity contribution is 0.581. The van der Waals surface area contributed by atoms with Crippen molar-refractivity contribution in [1.29, 1.82) is 0 Å². The zero-order valence-electron chi connectivity index (χ0n) is 12.9. The molecular weight excluding hydrogens is 433 g/mol. The van der Waals surface area contributed by atoms with Crippen LogP contribution in [0, 0.1) is 18.6 Å². The summed E-state index contributed by atoms with van der Waals surface area (Å²) in [4.78, 5) is 9.51. The number of thiazole rings is 1. The van der Waals surface area contributed by atoms with Gasteiger partial charge in [-0.05, 0) is 25.1 Å². The number of aromatic nitrogens is 1. The number of nitrogens with zero attached hydrogens (tertiary/aromatic N) is 2. The molecule has 4 nitrogen and oxygen atoms in total. The average molecular weight is 452 g/mol. The van der Waals surface area contributed by atoms with E-state index in [2.05, 4.69) is 20.6 Å². The monoisotopic (exact) mass is 452 g/mol. The lowest BCUT2D eigenvalue weighted by Crippen LogP contribution is -2.38. The van der Waals surface area contributed by atoms with Crippen LogP contribution in [-0.2, 0) is 13.0 Å². The Hall–Kier alpha value is -1.29. The van der Waals surface area contributed by atoms with Crippen molar-refractivity contribution in [1.82, 2.24) is 15.6 Å². The van der Waals surface area contributed by atoms with Gasteiger partial charge in [0.15, 0.2) is 5.96 Å². The van der Waals surface area contributed by atoms with Crippen LogP contribution in [0.15, 0.2) is 29.4 Å². The topological polar surface area (TPSA) is 49.3 Å². The fraction of sp³-hybridized carbons (Fsp3) is 0.333. The van der Waals surface area contributed by atoms with E-state index < -0.39 is 11.6 Å². The minimum absolute atomic E-state index is 0. The van der Waals surface area contributed by atoms with E-state index in [4.69, 9.17) is 0 Å². The van der Waals surface area contributed by atoms with E-state index in [-0.39, 0.29) is 36.1 Å². The predicted octanol–water partition coefficient (Wildman–Crippen LogP) is 3.26. The van der Waals surface area contributed by atoms with Gasteiger partial charge in [0.05, 0.1) is 5.01 Å². The molecule has 2 N–H and O–H groups in total. The van der Waals surface area contributed by atoms with Crippen molar-refractivity contribution >= 4 is 41.3 Å². The number of benzene rings is 1. The Morgan fingerprint density at radius 3 is 2.74 bits per heavy atom. The smallest absolute Gasteiger partial charge is 0.191 e. The first-order chi connectivity index (χ1) is 10.6. The first-order valence-electron chi connectivity index (χ1n) is 6.88. The van der Waals surface area contributed by atoms with Crippen molar-refractivity contribution in [3.63, 3.8) is 0 Å². The van der Waals surface area contributed by atoms with E-state index in [1.165, 1.54) is 10.9 Å². The van der Waals surface area contributed by atoms with Gasteiger partial charge >= 0.3 is 0 Å². The summed E-state index contributed by atoms with van der Waals surface area (Å²) in [7, 11) is 1.63. The van der Waals surface area contributed by atoms with Gasteiger partial charge in [0.1, 0.15) is 11.6 Å². The fourth-order valence-electron chi connectivity index (χ4n) is 1.88. The predicted molar refractivity (Wildman–Crippen MR) is 101 cm³/mol. The highest BCUT2D eigenvalue weighted by Crippen LogP contribution is 2.11. The van der Waals surface area contributed by atoms with Gasteiger partial charge in [-0.15, -0.1) is 35.3 Å². The molecule has 23 heavy (non-hydrogen) atoms. The number of guanidine groups is 1. The molecule has 1 heterocycles. The van der Waals surface area contributed by atoms with Crippen LogP contribution in [0.2, 0.25) is 0 Å². The SMILES string of the molecule is CN=C(NCCc1ncc(C)s1)NCc1cc(F)ccc1F.I. The Bertz CT molecular complexity index is 661. The molecule has 2 rings (SSSR count). The molecule has 0 aliphatic carbocycles. The molecule has 2 aromatic rings. The number of nitrogens with one attached hydrogen (secondary N) is 2. The highest BCUT2D eigenvalue weighted by Gasteiger charge is 2.05. The van der Waals surface area contributed by atoms with Crippen molar-refractivity contribution in [2.75, 3.05) is 13.6 Å². The molecule has 8 heteroatoms. The molecule has 0 unspecified atom stereocenters. The molecule has 1 aromatic carbocycles. The first kappa shape index (κ1) is 19.8. The van der Waals surface area contributed by atoms with Crippen LogP contribution in [0.5, 0.6) is 0 Å². The number of hydrogen-bond donors (Lipinski definition) is 2. The number of aryl methyl sites for hydroxylation is 1. The van der Waals surface area contributed by atoms with E-state index >= 15 is 0 Å².